The fourth-order valence-electron chi connectivity index (χ4n) is 2.04. The highest BCUT2D eigenvalue weighted by Gasteiger charge is 2.22. The van der Waals surface area contributed by atoms with E-state index in [0.717, 1.165) is 37.0 Å². The predicted octanol–water partition coefficient (Wildman–Crippen LogP) is 0.284. The van der Waals surface area contributed by atoms with Crippen LogP contribution >= 0.6 is 0 Å². The van der Waals surface area contributed by atoms with Crippen LogP contribution in [0.1, 0.15) is 12.0 Å². The Morgan fingerprint density at radius 2 is 2.05 bits per heavy atom. The van der Waals surface area contributed by atoms with E-state index in [0.29, 0.717) is 0 Å². The second-order valence-corrected chi connectivity index (χ2v) is 6.80. The van der Waals surface area contributed by atoms with Crippen LogP contribution in [0, 0.1) is 5.92 Å². The van der Waals surface area contributed by atoms with E-state index in [2.05, 4.69) is 15.4 Å². The Labute approximate surface area is 119 Å². The van der Waals surface area contributed by atoms with E-state index < -0.39 is 10.0 Å². The molecule has 1 aromatic rings. The third kappa shape index (κ3) is 4.59. The molecule has 0 saturated carbocycles. The summed E-state index contributed by atoms with van der Waals surface area (Å²) in [6, 6.07) is 7.14. The molecule has 20 heavy (non-hydrogen) atoms. The van der Waals surface area contributed by atoms with E-state index >= 15 is 0 Å². The number of carbonyl (C=O) groups excluding carboxylic acids is 1. The number of nitrogens with one attached hydrogen (secondary N) is 3. The first-order valence-electron chi connectivity index (χ1n) is 6.49. The summed E-state index contributed by atoms with van der Waals surface area (Å²) in [6.45, 7) is 1.86. The lowest BCUT2D eigenvalue weighted by Crippen LogP contribution is -2.24. The second kappa shape index (κ2) is 6.34. The molecule has 1 amide bonds. The van der Waals surface area contributed by atoms with Crippen LogP contribution in [0.2, 0.25) is 0 Å². The molecule has 1 unspecified atom stereocenters. The van der Waals surface area contributed by atoms with Crippen molar-refractivity contribution >= 4 is 21.6 Å². The van der Waals surface area contributed by atoms with Crippen LogP contribution in [0.25, 0.3) is 0 Å². The minimum Gasteiger partial charge on any atom is -0.326 e. The van der Waals surface area contributed by atoms with Gasteiger partial charge in [-0.3, -0.25) is 4.79 Å². The first-order valence-corrected chi connectivity index (χ1v) is 8.38. The molecule has 0 bridgehead atoms. The van der Waals surface area contributed by atoms with Crippen molar-refractivity contribution in [2.75, 3.05) is 24.7 Å². The van der Waals surface area contributed by atoms with Gasteiger partial charge in [0.05, 0.1) is 12.2 Å². The van der Waals surface area contributed by atoms with E-state index in [-0.39, 0.29) is 18.4 Å². The van der Waals surface area contributed by atoms with Crippen LogP contribution in [0.3, 0.4) is 0 Å². The maximum absolute atomic E-state index is 11.9. The van der Waals surface area contributed by atoms with Crippen molar-refractivity contribution in [3.63, 3.8) is 0 Å². The number of hydrogen-bond donors (Lipinski definition) is 3. The van der Waals surface area contributed by atoms with Crippen LogP contribution in [0.15, 0.2) is 24.3 Å². The lowest BCUT2D eigenvalue weighted by Gasteiger charge is -2.10. The number of hydrogen-bond acceptors (Lipinski definition) is 4. The van der Waals surface area contributed by atoms with Crippen molar-refractivity contribution in [3.05, 3.63) is 29.8 Å². The van der Waals surface area contributed by atoms with Gasteiger partial charge in [-0.15, -0.1) is 0 Å². The first-order chi connectivity index (χ1) is 9.44. The van der Waals surface area contributed by atoms with Gasteiger partial charge in [0.15, 0.2) is 0 Å². The van der Waals surface area contributed by atoms with Crippen LogP contribution in [-0.2, 0) is 21.4 Å². The molecule has 2 rings (SSSR count). The van der Waals surface area contributed by atoms with Gasteiger partial charge >= 0.3 is 0 Å². The zero-order chi connectivity index (χ0) is 14.6. The van der Waals surface area contributed by atoms with Crippen LogP contribution < -0.4 is 15.4 Å². The van der Waals surface area contributed by atoms with Gasteiger partial charge in [-0.05, 0) is 30.7 Å². The summed E-state index contributed by atoms with van der Waals surface area (Å²) in [5.41, 5.74) is 1.57. The molecule has 1 atom stereocenters. The van der Waals surface area contributed by atoms with Crippen molar-refractivity contribution in [1.29, 1.82) is 0 Å². The fraction of sp³-hybridized carbons (Fsp3) is 0.462. The van der Waals surface area contributed by atoms with Gasteiger partial charge in [-0.1, -0.05) is 12.1 Å². The summed E-state index contributed by atoms with van der Waals surface area (Å²) in [7, 11) is -3.19. The Hall–Kier alpha value is -1.44. The summed E-state index contributed by atoms with van der Waals surface area (Å²) in [4.78, 5) is 11.9. The normalized spacial score (nSPS) is 18.9. The molecule has 110 valence electrons. The number of anilines is 1. The molecule has 3 N–H and O–H groups in total. The molecule has 1 heterocycles. The molecular weight excluding hydrogens is 278 g/mol. The SMILES string of the molecule is CS(=O)(=O)NCc1ccc(NC(=O)C2CCNC2)cc1. The van der Waals surface area contributed by atoms with Crippen LogP contribution in [-0.4, -0.2) is 33.7 Å². The fourth-order valence-corrected chi connectivity index (χ4v) is 2.47. The number of amides is 1. The molecule has 1 aliphatic rings. The third-order valence-corrected chi connectivity index (χ3v) is 3.86. The van der Waals surface area contributed by atoms with Crippen LogP contribution in [0.5, 0.6) is 0 Å². The Kier molecular flexibility index (Phi) is 4.74. The summed E-state index contributed by atoms with van der Waals surface area (Å²) in [5.74, 6) is 0.0542. The van der Waals surface area contributed by atoms with Gasteiger partial charge in [-0.2, -0.15) is 0 Å². The van der Waals surface area contributed by atoms with Crippen molar-refractivity contribution in [2.24, 2.45) is 5.92 Å². The second-order valence-electron chi connectivity index (χ2n) is 4.97. The number of rotatable bonds is 5. The van der Waals surface area contributed by atoms with E-state index in [1.165, 1.54) is 0 Å². The average Bonchev–Trinajstić information content (AvgIpc) is 2.91. The van der Waals surface area contributed by atoms with E-state index in [9.17, 15) is 13.2 Å². The Morgan fingerprint density at radius 3 is 2.60 bits per heavy atom. The summed E-state index contributed by atoms with van der Waals surface area (Å²) in [5, 5.41) is 6.02. The Balaban J connectivity index is 1.89. The quantitative estimate of drug-likeness (QED) is 0.729. The number of benzene rings is 1. The molecule has 0 spiro atoms. The lowest BCUT2D eigenvalue weighted by molar-refractivity contribution is -0.119. The van der Waals surface area contributed by atoms with Crippen molar-refractivity contribution < 1.29 is 13.2 Å². The smallest absolute Gasteiger partial charge is 0.228 e. The molecule has 0 radical (unpaired) electrons. The lowest BCUT2D eigenvalue weighted by atomic mass is 10.1. The van der Waals surface area contributed by atoms with E-state index in [1.807, 2.05) is 0 Å². The number of sulfonamides is 1. The maximum atomic E-state index is 11.9. The third-order valence-electron chi connectivity index (χ3n) is 3.19. The van der Waals surface area contributed by atoms with Gasteiger partial charge in [0.25, 0.3) is 0 Å². The molecule has 1 fully saturated rings. The van der Waals surface area contributed by atoms with Gasteiger partial charge in [-0.25, -0.2) is 13.1 Å². The highest BCUT2D eigenvalue weighted by molar-refractivity contribution is 7.88. The van der Waals surface area contributed by atoms with Crippen molar-refractivity contribution in [3.8, 4) is 0 Å². The highest BCUT2D eigenvalue weighted by Crippen LogP contribution is 2.14. The standard InChI is InChI=1S/C13H19N3O3S/c1-20(18,19)15-8-10-2-4-12(5-3-10)16-13(17)11-6-7-14-9-11/h2-5,11,14-15H,6-9H2,1H3,(H,16,17). The van der Waals surface area contributed by atoms with Gasteiger partial charge in [0.2, 0.25) is 15.9 Å². The average molecular weight is 297 g/mol. The van der Waals surface area contributed by atoms with Gasteiger partial charge in [0, 0.05) is 18.8 Å². The zero-order valence-corrected chi connectivity index (χ0v) is 12.2. The molecule has 0 aliphatic carbocycles. The van der Waals surface area contributed by atoms with Crippen molar-refractivity contribution in [1.82, 2.24) is 10.0 Å². The monoisotopic (exact) mass is 297 g/mol. The summed E-state index contributed by atoms with van der Waals surface area (Å²) >= 11 is 0. The largest absolute Gasteiger partial charge is 0.326 e. The molecule has 1 aliphatic heterocycles. The zero-order valence-electron chi connectivity index (χ0n) is 11.3. The predicted molar refractivity (Wildman–Crippen MR) is 77.7 cm³/mol. The molecule has 7 heteroatoms. The summed E-state index contributed by atoms with van der Waals surface area (Å²) in [6.07, 6.45) is 1.99. The van der Waals surface area contributed by atoms with Gasteiger partial charge < -0.3 is 10.6 Å². The van der Waals surface area contributed by atoms with Gasteiger partial charge in [0.1, 0.15) is 0 Å². The molecule has 1 saturated heterocycles. The Bertz CT molecular complexity index is 563. The highest BCUT2D eigenvalue weighted by atomic mass is 32.2. The first kappa shape index (κ1) is 15.0. The molecule has 6 nitrogen and oxygen atoms in total. The molecule has 1 aromatic carbocycles. The minimum absolute atomic E-state index is 0.0250. The molecule has 0 aromatic heterocycles. The van der Waals surface area contributed by atoms with E-state index in [4.69, 9.17) is 0 Å². The van der Waals surface area contributed by atoms with E-state index in [1.54, 1.807) is 24.3 Å². The summed E-state index contributed by atoms with van der Waals surface area (Å²) < 4.78 is 24.4. The van der Waals surface area contributed by atoms with Crippen molar-refractivity contribution in [2.45, 2.75) is 13.0 Å². The number of carbonyl (C=O) groups is 1. The van der Waals surface area contributed by atoms with Crippen LogP contribution in [0.4, 0.5) is 5.69 Å². The Morgan fingerprint density at radius 1 is 1.35 bits per heavy atom. The molecular formula is C13H19N3O3S. The minimum atomic E-state index is -3.19. The topological polar surface area (TPSA) is 87.3 Å². The maximum Gasteiger partial charge on any atom is 0.228 e.